The molecule has 174 valence electrons. The zero-order valence-corrected chi connectivity index (χ0v) is 21.0. The monoisotopic (exact) mass is 427 g/mol. The molecule has 0 saturated heterocycles. The van der Waals surface area contributed by atoms with Crippen LogP contribution in [0.5, 0.6) is 0 Å². The molecule has 0 spiro atoms. The van der Waals surface area contributed by atoms with Crippen molar-refractivity contribution in [2.45, 2.75) is 92.1 Å². The van der Waals surface area contributed by atoms with Crippen LogP contribution in [-0.4, -0.2) is 36.1 Å². The summed E-state index contributed by atoms with van der Waals surface area (Å²) < 4.78 is 0. The van der Waals surface area contributed by atoms with E-state index in [0.29, 0.717) is 35.5 Å². The summed E-state index contributed by atoms with van der Waals surface area (Å²) >= 11 is 0. The zero-order valence-electron chi connectivity index (χ0n) is 21.0. The number of allylic oxidation sites excluding steroid dienone is 4. The van der Waals surface area contributed by atoms with Gasteiger partial charge in [0.1, 0.15) is 0 Å². The minimum Gasteiger partial charge on any atom is -0.393 e. The first kappa shape index (κ1) is 23.1. The van der Waals surface area contributed by atoms with E-state index in [-0.39, 0.29) is 22.8 Å². The SMILES string of the molecule is C[C@H](CCC(=O)N(C)C)[C@H]1C=C[C@@H]2C3=C(CC[C@@]21C)[C@@]1(C)CCC(O)C(C)(C)[C@@H]1CC3. The third kappa shape index (κ3) is 3.45. The van der Waals surface area contributed by atoms with Gasteiger partial charge in [0.15, 0.2) is 0 Å². The lowest BCUT2D eigenvalue weighted by atomic mass is 9.45. The molecule has 1 N–H and O–H groups in total. The van der Waals surface area contributed by atoms with Crippen molar-refractivity contribution in [3.63, 3.8) is 0 Å². The van der Waals surface area contributed by atoms with Crippen molar-refractivity contribution >= 4 is 5.91 Å². The molecule has 0 radical (unpaired) electrons. The molecule has 3 heteroatoms. The molecule has 4 aliphatic carbocycles. The quantitative estimate of drug-likeness (QED) is 0.560. The summed E-state index contributed by atoms with van der Waals surface area (Å²) in [6.45, 7) is 12.0. The summed E-state index contributed by atoms with van der Waals surface area (Å²) in [5.41, 5.74) is 4.06. The average Bonchev–Trinajstić information content (AvgIpc) is 3.06. The Labute approximate surface area is 190 Å². The molecule has 0 aromatic heterocycles. The van der Waals surface area contributed by atoms with Gasteiger partial charge in [0, 0.05) is 26.4 Å². The third-order valence-corrected chi connectivity index (χ3v) is 10.4. The van der Waals surface area contributed by atoms with E-state index in [2.05, 4.69) is 46.8 Å². The number of carbonyl (C=O) groups excluding carboxylic acids is 1. The average molecular weight is 428 g/mol. The highest BCUT2D eigenvalue weighted by molar-refractivity contribution is 5.75. The molecule has 1 fully saturated rings. The molecule has 7 atom stereocenters. The van der Waals surface area contributed by atoms with E-state index in [4.69, 9.17) is 0 Å². The number of rotatable bonds is 4. The Kier molecular flexibility index (Phi) is 5.77. The van der Waals surface area contributed by atoms with Gasteiger partial charge in [0.05, 0.1) is 6.10 Å². The topological polar surface area (TPSA) is 40.5 Å². The lowest BCUT2D eigenvalue weighted by molar-refractivity contribution is -0.129. The van der Waals surface area contributed by atoms with E-state index in [1.165, 1.54) is 25.7 Å². The van der Waals surface area contributed by atoms with Crippen LogP contribution in [0.1, 0.15) is 86.0 Å². The maximum absolute atomic E-state index is 12.1. The van der Waals surface area contributed by atoms with Crippen molar-refractivity contribution < 1.29 is 9.90 Å². The van der Waals surface area contributed by atoms with E-state index in [9.17, 15) is 9.90 Å². The molecule has 31 heavy (non-hydrogen) atoms. The van der Waals surface area contributed by atoms with Crippen molar-refractivity contribution in [1.29, 1.82) is 0 Å². The first-order valence-corrected chi connectivity index (χ1v) is 12.7. The second-order valence-corrected chi connectivity index (χ2v) is 12.6. The first-order chi connectivity index (χ1) is 14.4. The van der Waals surface area contributed by atoms with E-state index >= 15 is 0 Å². The van der Waals surface area contributed by atoms with Gasteiger partial charge < -0.3 is 10.0 Å². The van der Waals surface area contributed by atoms with Gasteiger partial charge in [-0.25, -0.2) is 0 Å². The number of nitrogens with zero attached hydrogens (tertiary/aromatic N) is 1. The van der Waals surface area contributed by atoms with Crippen LogP contribution in [0.3, 0.4) is 0 Å². The third-order valence-electron chi connectivity index (χ3n) is 10.4. The van der Waals surface area contributed by atoms with Crippen LogP contribution in [0.25, 0.3) is 0 Å². The Morgan fingerprint density at radius 2 is 1.84 bits per heavy atom. The number of aliphatic hydroxyl groups excluding tert-OH is 1. The fourth-order valence-corrected chi connectivity index (χ4v) is 8.40. The summed E-state index contributed by atoms with van der Waals surface area (Å²) in [6.07, 6.45) is 13.5. The number of hydrogen-bond donors (Lipinski definition) is 1. The van der Waals surface area contributed by atoms with Gasteiger partial charge in [-0.2, -0.15) is 0 Å². The van der Waals surface area contributed by atoms with Crippen LogP contribution < -0.4 is 0 Å². The molecule has 4 rings (SSSR count). The van der Waals surface area contributed by atoms with Gasteiger partial charge in [0.2, 0.25) is 5.91 Å². The van der Waals surface area contributed by atoms with Gasteiger partial charge in [-0.3, -0.25) is 4.79 Å². The maximum atomic E-state index is 12.1. The molecule has 3 nitrogen and oxygen atoms in total. The molecular formula is C28H45NO2. The highest BCUT2D eigenvalue weighted by Gasteiger charge is 2.58. The summed E-state index contributed by atoms with van der Waals surface area (Å²) in [7, 11) is 3.72. The number of fused-ring (bicyclic) bond motifs is 4. The summed E-state index contributed by atoms with van der Waals surface area (Å²) in [5, 5.41) is 10.7. The van der Waals surface area contributed by atoms with Gasteiger partial charge in [-0.05, 0) is 78.9 Å². The fraction of sp³-hybridized carbons (Fsp3) is 0.821. The van der Waals surface area contributed by atoms with Crippen LogP contribution in [0.15, 0.2) is 23.3 Å². The Morgan fingerprint density at radius 3 is 2.52 bits per heavy atom. The Morgan fingerprint density at radius 1 is 1.13 bits per heavy atom. The lowest BCUT2D eigenvalue weighted by Crippen LogP contribution is -2.53. The molecule has 1 unspecified atom stereocenters. The highest BCUT2D eigenvalue weighted by atomic mass is 16.3. The van der Waals surface area contributed by atoms with Crippen LogP contribution >= 0.6 is 0 Å². The van der Waals surface area contributed by atoms with Crippen LogP contribution in [0.4, 0.5) is 0 Å². The van der Waals surface area contributed by atoms with E-state index in [1.54, 1.807) is 16.0 Å². The number of amides is 1. The number of carbonyl (C=O) groups is 1. The van der Waals surface area contributed by atoms with E-state index in [0.717, 1.165) is 19.3 Å². The Balaban J connectivity index is 1.57. The Hall–Kier alpha value is -1.09. The molecule has 4 aliphatic rings. The molecule has 0 heterocycles. The largest absolute Gasteiger partial charge is 0.393 e. The van der Waals surface area contributed by atoms with Crippen molar-refractivity contribution in [2.24, 2.45) is 39.9 Å². The summed E-state index contributed by atoms with van der Waals surface area (Å²) in [4.78, 5) is 13.9. The standard InChI is InChI=1S/C28H45NO2/c1-18(8-13-25(31)29(6)7)20-10-11-21-19-9-12-23-26(2,3)24(30)15-17-28(23,5)22(19)14-16-27(20,21)4/h10-11,18,20-21,23-24,30H,8-9,12-17H2,1-7H3/t18-,20-,21-,23+,24?,27-,28-/m1/s1. The second kappa shape index (κ2) is 7.75. The maximum Gasteiger partial charge on any atom is 0.222 e. The van der Waals surface area contributed by atoms with Crippen molar-refractivity contribution in [3.05, 3.63) is 23.3 Å². The van der Waals surface area contributed by atoms with E-state index < -0.39 is 0 Å². The van der Waals surface area contributed by atoms with Gasteiger partial charge in [-0.1, -0.05) is 57.9 Å². The van der Waals surface area contributed by atoms with Gasteiger partial charge in [-0.15, -0.1) is 0 Å². The predicted octanol–water partition coefficient (Wildman–Crippen LogP) is 5.99. The minimum atomic E-state index is -0.164. The molecular weight excluding hydrogens is 382 g/mol. The van der Waals surface area contributed by atoms with Crippen molar-refractivity contribution in [2.75, 3.05) is 14.1 Å². The lowest BCUT2D eigenvalue weighted by Gasteiger charge is -2.60. The summed E-state index contributed by atoms with van der Waals surface area (Å²) in [5.74, 6) is 2.51. The van der Waals surface area contributed by atoms with Crippen molar-refractivity contribution in [3.8, 4) is 0 Å². The number of hydrogen-bond acceptors (Lipinski definition) is 2. The second-order valence-electron chi connectivity index (χ2n) is 12.6. The Bertz CT molecular complexity index is 793. The molecule has 1 saturated carbocycles. The molecule has 0 aromatic rings. The highest BCUT2D eigenvalue weighted by Crippen LogP contribution is 2.66. The van der Waals surface area contributed by atoms with Crippen LogP contribution in [0.2, 0.25) is 0 Å². The minimum absolute atomic E-state index is 0.00776. The van der Waals surface area contributed by atoms with Gasteiger partial charge in [0.25, 0.3) is 0 Å². The summed E-state index contributed by atoms with van der Waals surface area (Å²) in [6, 6.07) is 0. The van der Waals surface area contributed by atoms with Gasteiger partial charge >= 0.3 is 0 Å². The molecule has 0 aliphatic heterocycles. The fourth-order valence-electron chi connectivity index (χ4n) is 8.40. The number of aliphatic hydroxyl groups is 1. The smallest absolute Gasteiger partial charge is 0.222 e. The van der Waals surface area contributed by atoms with Crippen molar-refractivity contribution in [1.82, 2.24) is 4.90 Å². The normalized spacial score (nSPS) is 41.9. The predicted molar refractivity (Wildman–Crippen MR) is 127 cm³/mol. The molecule has 1 amide bonds. The molecule has 0 bridgehead atoms. The van der Waals surface area contributed by atoms with E-state index in [1.807, 2.05) is 14.1 Å². The first-order valence-electron chi connectivity index (χ1n) is 12.7. The van der Waals surface area contributed by atoms with Crippen LogP contribution in [-0.2, 0) is 4.79 Å². The molecule has 0 aromatic carbocycles. The zero-order chi connectivity index (χ0) is 22.8. The van der Waals surface area contributed by atoms with Crippen LogP contribution in [0, 0.1) is 39.9 Å².